The largest absolute Gasteiger partial charge is 0.396 e. The number of hydrogen-bond donors (Lipinski definition) is 1. The van der Waals surface area contributed by atoms with Crippen molar-refractivity contribution in [2.75, 3.05) is 24.7 Å². The highest BCUT2D eigenvalue weighted by Crippen LogP contribution is 2.41. The maximum absolute atomic E-state index is 8.97. The van der Waals surface area contributed by atoms with Gasteiger partial charge in [0.2, 0.25) is 0 Å². The smallest absolute Gasteiger partial charge is 0.0708 e. The standard InChI is InChI=1S/C13H24O2S2/c1-11(2-6-14)17-12-3-7-15-13(10-12)4-8-16-9-5-13/h11-12,14H,2-10H2,1H3. The number of aliphatic hydroxyl groups is 1. The van der Waals surface area contributed by atoms with Gasteiger partial charge in [-0.25, -0.2) is 0 Å². The molecule has 2 fully saturated rings. The summed E-state index contributed by atoms with van der Waals surface area (Å²) < 4.78 is 6.10. The zero-order valence-electron chi connectivity index (χ0n) is 10.7. The van der Waals surface area contributed by atoms with Gasteiger partial charge in [-0.2, -0.15) is 23.5 Å². The minimum absolute atomic E-state index is 0.208. The summed E-state index contributed by atoms with van der Waals surface area (Å²) in [6, 6.07) is 0. The van der Waals surface area contributed by atoms with Crippen molar-refractivity contribution in [3.8, 4) is 0 Å². The maximum Gasteiger partial charge on any atom is 0.0708 e. The van der Waals surface area contributed by atoms with Crippen LogP contribution in [-0.2, 0) is 4.74 Å². The third-order valence-corrected chi connectivity index (χ3v) is 6.29. The van der Waals surface area contributed by atoms with Crippen molar-refractivity contribution in [2.45, 2.75) is 55.1 Å². The lowest BCUT2D eigenvalue weighted by molar-refractivity contribution is -0.0805. The molecule has 2 rings (SSSR count). The first kappa shape index (κ1) is 14.0. The van der Waals surface area contributed by atoms with E-state index in [9.17, 15) is 0 Å². The minimum Gasteiger partial charge on any atom is -0.396 e. The Morgan fingerprint density at radius 3 is 2.94 bits per heavy atom. The SMILES string of the molecule is CC(CCO)SC1CCOC2(CCSCC2)C1. The molecule has 0 radical (unpaired) electrons. The lowest BCUT2D eigenvalue weighted by Gasteiger charge is -2.43. The number of aliphatic hydroxyl groups excluding tert-OH is 1. The molecule has 0 amide bonds. The molecule has 0 aromatic carbocycles. The van der Waals surface area contributed by atoms with Crippen molar-refractivity contribution in [2.24, 2.45) is 0 Å². The molecule has 2 unspecified atom stereocenters. The van der Waals surface area contributed by atoms with E-state index >= 15 is 0 Å². The number of ether oxygens (including phenoxy) is 1. The molecule has 4 heteroatoms. The average Bonchev–Trinajstić information content (AvgIpc) is 2.30. The first-order valence-corrected chi connectivity index (χ1v) is 8.82. The van der Waals surface area contributed by atoms with Crippen LogP contribution in [-0.4, -0.2) is 45.9 Å². The van der Waals surface area contributed by atoms with Crippen LogP contribution in [0.1, 0.15) is 39.0 Å². The van der Waals surface area contributed by atoms with Crippen molar-refractivity contribution < 1.29 is 9.84 Å². The average molecular weight is 276 g/mol. The molecule has 1 N–H and O–H groups in total. The van der Waals surface area contributed by atoms with Crippen LogP contribution in [0.15, 0.2) is 0 Å². The van der Waals surface area contributed by atoms with Gasteiger partial charge in [-0.1, -0.05) is 6.92 Å². The van der Waals surface area contributed by atoms with E-state index in [1.165, 1.54) is 37.2 Å². The lowest BCUT2D eigenvalue weighted by atomic mass is 9.88. The van der Waals surface area contributed by atoms with Gasteiger partial charge in [0.25, 0.3) is 0 Å². The Morgan fingerprint density at radius 1 is 1.47 bits per heavy atom. The van der Waals surface area contributed by atoms with Gasteiger partial charge in [-0.15, -0.1) is 0 Å². The highest BCUT2D eigenvalue weighted by atomic mass is 32.2. The maximum atomic E-state index is 8.97. The van der Waals surface area contributed by atoms with Crippen LogP contribution in [0.4, 0.5) is 0 Å². The predicted molar refractivity (Wildman–Crippen MR) is 77.0 cm³/mol. The van der Waals surface area contributed by atoms with Crippen LogP contribution in [0.2, 0.25) is 0 Å². The van der Waals surface area contributed by atoms with Crippen LogP contribution in [0.25, 0.3) is 0 Å². The lowest BCUT2D eigenvalue weighted by Crippen LogP contribution is -2.44. The van der Waals surface area contributed by atoms with E-state index < -0.39 is 0 Å². The van der Waals surface area contributed by atoms with Crippen LogP contribution < -0.4 is 0 Å². The fourth-order valence-electron chi connectivity index (χ4n) is 2.77. The Bertz CT molecular complexity index is 224. The molecule has 17 heavy (non-hydrogen) atoms. The minimum atomic E-state index is 0.208. The molecule has 0 saturated carbocycles. The zero-order chi connectivity index (χ0) is 12.1. The van der Waals surface area contributed by atoms with Crippen LogP contribution in [0, 0.1) is 0 Å². The quantitative estimate of drug-likeness (QED) is 0.855. The molecular formula is C13H24O2S2. The summed E-state index contributed by atoms with van der Waals surface area (Å²) in [5.41, 5.74) is 0.208. The Kier molecular flexibility index (Phi) is 5.52. The third kappa shape index (κ3) is 4.05. The van der Waals surface area contributed by atoms with Crippen molar-refractivity contribution >= 4 is 23.5 Å². The molecule has 2 aliphatic heterocycles. The van der Waals surface area contributed by atoms with Crippen molar-refractivity contribution in [1.82, 2.24) is 0 Å². The summed E-state index contributed by atoms with van der Waals surface area (Å²) in [5.74, 6) is 2.53. The molecule has 0 aromatic heterocycles. The Morgan fingerprint density at radius 2 is 2.24 bits per heavy atom. The highest BCUT2D eigenvalue weighted by Gasteiger charge is 2.39. The fourth-order valence-corrected chi connectivity index (χ4v) is 5.54. The molecule has 0 aliphatic carbocycles. The third-order valence-electron chi connectivity index (χ3n) is 3.81. The molecule has 2 nitrogen and oxygen atoms in total. The second kappa shape index (κ2) is 6.69. The van der Waals surface area contributed by atoms with E-state index in [0.717, 1.165) is 18.3 Å². The Balaban J connectivity index is 1.83. The normalized spacial score (nSPS) is 30.4. The molecule has 2 saturated heterocycles. The van der Waals surface area contributed by atoms with Crippen molar-refractivity contribution in [3.63, 3.8) is 0 Å². The topological polar surface area (TPSA) is 29.5 Å². The second-order valence-electron chi connectivity index (χ2n) is 5.22. The van der Waals surface area contributed by atoms with E-state index in [0.29, 0.717) is 11.9 Å². The van der Waals surface area contributed by atoms with Crippen molar-refractivity contribution in [3.05, 3.63) is 0 Å². The molecule has 1 spiro atoms. The molecule has 2 aliphatic rings. The second-order valence-corrected chi connectivity index (χ2v) is 8.19. The van der Waals surface area contributed by atoms with Gasteiger partial charge >= 0.3 is 0 Å². The summed E-state index contributed by atoms with van der Waals surface area (Å²) in [5, 5.41) is 10.3. The number of hydrogen-bond acceptors (Lipinski definition) is 4. The zero-order valence-corrected chi connectivity index (χ0v) is 12.3. The van der Waals surface area contributed by atoms with E-state index in [2.05, 4.69) is 30.4 Å². The number of thioether (sulfide) groups is 2. The van der Waals surface area contributed by atoms with Gasteiger partial charge in [0, 0.05) is 23.7 Å². The van der Waals surface area contributed by atoms with E-state index in [4.69, 9.17) is 9.84 Å². The van der Waals surface area contributed by atoms with Crippen molar-refractivity contribution in [1.29, 1.82) is 0 Å². The molecule has 2 atom stereocenters. The summed E-state index contributed by atoms with van der Waals surface area (Å²) in [6.07, 6.45) is 5.82. The van der Waals surface area contributed by atoms with Gasteiger partial charge in [-0.05, 0) is 43.6 Å². The summed E-state index contributed by atoms with van der Waals surface area (Å²) >= 11 is 4.13. The Labute approximate surface area is 113 Å². The van der Waals surface area contributed by atoms with Gasteiger partial charge in [-0.3, -0.25) is 0 Å². The van der Waals surface area contributed by atoms with E-state index in [1.54, 1.807) is 0 Å². The monoisotopic (exact) mass is 276 g/mol. The van der Waals surface area contributed by atoms with Gasteiger partial charge < -0.3 is 9.84 Å². The van der Waals surface area contributed by atoms with E-state index in [1.807, 2.05) is 0 Å². The van der Waals surface area contributed by atoms with Gasteiger partial charge in [0.15, 0.2) is 0 Å². The first-order chi connectivity index (χ1) is 8.24. The molecule has 0 aromatic rings. The summed E-state index contributed by atoms with van der Waals surface area (Å²) in [6.45, 7) is 3.49. The highest BCUT2D eigenvalue weighted by molar-refractivity contribution is 8.00. The van der Waals surface area contributed by atoms with Crippen LogP contribution in [0.5, 0.6) is 0 Å². The number of rotatable bonds is 4. The Hall–Kier alpha value is 0.620. The van der Waals surface area contributed by atoms with Crippen LogP contribution >= 0.6 is 23.5 Å². The summed E-state index contributed by atoms with van der Waals surface area (Å²) in [7, 11) is 0. The van der Waals surface area contributed by atoms with Gasteiger partial charge in [0.05, 0.1) is 5.60 Å². The van der Waals surface area contributed by atoms with Crippen LogP contribution in [0.3, 0.4) is 0 Å². The summed E-state index contributed by atoms with van der Waals surface area (Å²) in [4.78, 5) is 0. The fraction of sp³-hybridized carbons (Fsp3) is 1.00. The molecule has 0 bridgehead atoms. The molecule has 2 heterocycles. The molecular weight excluding hydrogens is 252 g/mol. The first-order valence-electron chi connectivity index (χ1n) is 6.72. The molecule has 100 valence electrons. The predicted octanol–water partition coefficient (Wildman–Crippen LogP) is 2.94. The van der Waals surface area contributed by atoms with Gasteiger partial charge in [0.1, 0.15) is 0 Å². The van der Waals surface area contributed by atoms with E-state index in [-0.39, 0.29) is 5.60 Å².